The first-order valence-electron chi connectivity index (χ1n) is 15.3. The van der Waals surface area contributed by atoms with Crippen molar-refractivity contribution in [3.8, 4) is 5.75 Å². The third-order valence-corrected chi connectivity index (χ3v) is 9.36. The van der Waals surface area contributed by atoms with Crippen molar-refractivity contribution in [1.29, 1.82) is 0 Å². The molecule has 0 spiro atoms. The average molecular weight is 642 g/mol. The monoisotopic (exact) mass is 641 g/mol. The molecule has 1 N–H and O–H groups in total. The highest BCUT2D eigenvalue weighted by Crippen LogP contribution is 2.27. The number of methoxy groups -OCH3 is 1. The Balaban J connectivity index is 1.84. The molecule has 4 rings (SSSR count). The average Bonchev–Trinajstić information content (AvgIpc) is 3.01. The molecule has 1 atom stereocenters. The van der Waals surface area contributed by atoms with Gasteiger partial charge in [-0.25, -0.2) is 8.42 Å². The van der Waals surface area contributed by atoms with Gasteiger partial charge in [-0.1, -0.05) is 66.2 Å². The molecule has 0 fully saturated rings. The van der Waals surface area contributed by atoms with E-state index in [9.17, 15) is 18.0 Å². The van der Waals surface area contributed by atoms with Gasteiger partial charge in [0.15, 0.2) is 0 Å². The number of nitrogens with one attached hydrogen (secondary N) is 1. The summed E-state index contributed by atoms with van der Waals surface area (Å²) >= 11 is 0. The molecule has 0 unspecified atom stereocenters. The third kappa shape index (κ3) is 8.75. The number of carbonyl (C=O) groups excluding carboxylic acids is 2. The van der Waals surface area contributed by atoms with E-state index in [0.717, 1.165) is 32.1 Å². The Labute approximate surface area is 273 Å². The number of hydrogen-bond donors (Lipinski definition) is 1. The predicted octanol–water partition coefficient (Wildman–Crippen LogP) is 5.98. The molecule has 0 radical (unpaired) electrons. The molecule has 4 aromatic rings. The summed E-state index contributed by atoms with van der Waals surface area (Å²) in [7, 11) is -2.61. The van der Waals surface area contributed by atoms with Crippen LogP contribution < -0.4 is 14.4 Å². The summed E-state index contributed by atoms with van der Waals surface area (Å²) in [6.07, 6.45) is 0.239. The molecule has 0 bridgehead atoms. The number of hydrogen-bond acceptors (Lipinski definition) is 5. The Morgan fingerprint density at radius 2 is 1.41 bits per heavy atom. The minimum atomic E-state index is -4.18. The molecule has 8 nitrogen and oxygen atoms in total. The standard InChI is InChI=1S/C37H43N3O5S/c1-26(2)38-37(42)35(23-30-11-8-7-9-12-30)39(24-31-13-10-14-33(22-31)45-6)36(41)25-40(32-20-28(4)19-29(5)21-32)46(43,44)34-17-15-27(3)16-18-34/h7-22,26,35H,23-25H2,1-6H3,(H,38,42)/t35-/m0/s1. The summed E-state index contributed by atoms with van der Waals surface area (Å²) in [6.45, 7) is 8.93. The van der Waals surface area contributed by atoms with Crippen LogP contribution in [0.5, 0.6) is 5.75 Å². The number of nitrogens with zero attached hydrogens (tertiary/aromatic N) is 2. The Hall–Kier alpha value is -4.63. The van der Waals surface area contributed by atoms with Crippen LogP contribution in [0.3, 0.4) is 0 Å². The van der Waals surface area contributed by atoms with Crippen LogP contribution in [0.2, 0.25) is 0 Å². The van der Waals surface area contributed by atoms with Crippen LogP contribution in [0.1, 0.15) is 41.7 Å². The highest BCUT2D eigenvalue weighted by atomic mass is 32.2. The third-order valence-electron chi connectivity index (χ3n) is 7.57. The van der Waals surface area contributed by atoms with Crippen LogP contribution >= 0.6 is 0 Å². The topological polar surface area (TPSA) is 96.0 Å². The molecule has 0 aromatic heterocycles. The number of anilines is 1. The second-order valence-electron chi connectivity index (χ2n) is 11.9. The van der Waals surface area contributed by atoms with Gasteiger partial charge in [0.2, 0.25) is 11.8 Å². The summed E-state index contributed by atoms with van der Waals surface area (Å²) in [6, 6.07) is 27.7. The second-order valence-corrected chi connectivity index (χ2v) is 13.8. The lowest BCUT2D eigenvalue weighted by Crippen LogP contribution is -2.54. The number of amides is 2. The fourth-order valence-corrected chi connectivity index (χ4v) is 6.76. The van der Waals surface area contributed by atoms with Crippen LogP contribution in [-0.4, -0.2) is 50.9 Å². The van der Waals surface area contributed by atoms with Gasteiger partial charge in [-0.2, -0.15) is 0 Å². The van der Waals surface area contributed by atoms with E-state index in [1.165, 1.54) is 4.90 Å². The van der Waals surface area contributed by atoms with Gasteiger partial charge in [-0.3, -0.25) is 13.9 Å². The number of rotatable bonds is 13. The van der Waals surface area contributed by atoms with Gasteiger partial charge < -0.3 is 15.0 Å². The van der Waals surface area contributed by atoms with E-state index in [1.54, 1.807) is 49.6 Å². The highest BCUT2D eigenvalue weighted by molar-refractivity contribution is 7.92. The molecular weight excluding hydrogens is 598 g/mol. The normalized spacial score (nSPS) is 12.0. The largest absolute Gasteiger partial charge is 0.497 e. The smallest absolute Gasteiger partial charge is 0.264 e. The Morgan fingerprint density at radius 3 is 2.02 bits per heavy atom. The van der Waals surface area contributed by atoms with Crippen molar-refractivity contribution in [3.05, 3.63) is 125 Å². The van der Waals surface area contributed by atoms with Crippen LogP contribution in [0.25, 0.3) is 0 Å². The van der Waals surface area contributed by atoms with Crippen molar-refractivity contribution in [2.24, 2.45) is 0 Å². The van der Waals surface area contributed by atoms with Crippen LogP contribution in [0.4, 0.5) is 5.69 Å². The lowest BCUT2D eigenvalue weighted by atomic mass is 10.0. The highest BCUT2D eigenvalue weighted by Gasteiger charge is 2.35. The van der Waals surface area contributed by atoms with Crippen molar-refractivity contribution < 1.29 is 22.7 Å². The van der Waals surface area contributed by atoms with Crippen LogP contribution in [0.15, 0.2) is 102 Å². The van der Waals surface area contributed by atoms with Gasteiger partial charge in [-0.15, -0.1) is 0 Å². The maximum atomic E-state index is 14.6. The first kappa shape index (κ1) is 34.2. The summed E-state index contributed by atoms with van der Waals surface area (Å²) < 4.78 is 35.1. The molecular formula is C37H43N3O5S. The maximum Gasteiger partial charge on any atom is 0.264 e. The van der Waals surface area contributed by atoms with E-state index in [4.69, 9.17) is 4.74 Å². The van der Waals surface area contributed by atoms with Gasteiger partial charge in [0, 0.05) is 19.0 Å². The molecule has 46 heavy (non-hydrogen) atoms. The maximum absolute atomic E-state index is 14.6. The Bertz CT molecular complexity index is 1740. The zero-order valence-corrected chi connectivity index (χ0v) is 28.2. The zero-order chi connectivity index (χ0) is 33.4. The van der Waals surface area contributed by atoms with E-state index in [-0.39, 0.29) is 29.8 Å². The summed E-state index contributed by atoms with van der Waals surface area (Å²) in [4.78, 5) is 30.0. The van der Waals surface area contributed by atoms with Gasteiger partial charge in [0.1, 0.15) is 18.3 Å². The predicted molar refractivity (Wildman–Crippen MR) is 182 cm³/mol. The van der Waals surface area contributed by atoms with Gasteiger partial charge >= 0.3 is 0 Å². The minimum absolute atomic E-state index is 0.0598. The van der Waals surface area contributed by atoms with E-state index in [2.05, 4.69) is 5.32 Å². The molecule has 0 heterocycles. The molecule has 0 aliphatic rings. The summed E-state index contributed by atoms with van der Waals surface area (Å²) in [5, 5.41) is 2.98. The van der Waals surface area contributed by atoms with Crippen LogP contribution in [0, 0.1) is 20.8 Å². The van der Waals surface area contributed by atoms with Gasteiger partial charge in [-0.05, 0) is 93.3 Å². The zero-order valence-electron chi connectivity index (χ0n) is 27.4. The number of ether oxygens (including phenoxy) is 1. The fourth-order valence-electron chi connectivity index (χ4n) is 5.36. The van der Waals surface area contributed by atoms with E-state index >= 15 is 0 Å². The molecule has 0 saturated heterocycles. The lowest BCUT2D eigenvalue weighted by Gasteiger charge is -2.34. The SMILES string of the molecule is COc1cccc(CN(C(=O)CN(c2cc(C)cc(C)c2)S(=O)(=O)c2ccc(C)cc2)[C@@H](Cc2ccccc2)C(=O)NC(C)C)c1. The molecule has 2 amide bonds. The first-order chi connectivity index (χ1) is 21.9. The summed E-state index contributed by atoms with van der Waals surface area (Å²) in [5.74, 6) is -0.234. The van der Waals surface area contributed by atoms with E-state index in [1.807, 2.05) is 89.2 Å². The minimum Gasteiger partial charge on any atom is -0.497 e. The number of benzene rings is 4. The van der Waals surface area contributed by atoms with Crippen molar-refractivity contribution >= 4 is 27.5 Å². The first-order valence-corrected chi connectivity index (χ1v) is 16.8. The van der Waals surface area contributed by atoms with Crippen molar-refractivity contribution in [2.75, 3.05) is 18.0 Å². The number of aryl methyl sites for hydroxylation is 3. The Morgan fingerprint density at radius 1 is 0.783 bits per heavy atom. The van der Waals surface area contributed by atoms with Crippen molar-refractivity contribution in [3.63, 3.8) is 0 Å². The molecule has 242 valence electrons. The number of sulfonamides is 1. The van der Waals surface area contributed by atoms with Crippen molar-refractivity contribution in [1.82, 2.24) is 10.2 Å². The van der Waals surface area contributed by atoms with E-state index in [0.29, 0.717) is 11.4 Å². The van der Waals surface area contributed by atoms with Crippen molar-refractivity contribution in [2.45, 2.75) is 64.6 Å². The molecule has 0 saturated carbocycles. The number of carbonyl (C=O) groups is 2. The van der Waals surface area contributed by atoms with Crippen LogP contribution in [-0.2, 0) is 32.6 Å². The quantitative estimate of drug-likeness (QED) is 0.194. The molecule has 9 heteroatoms. The lowest BCUT2D eigenvalue weighted by molar-refractivity contribution is -0.140. The molecule has 4 aromatic carbocycles. The molecule has 0 aliphatic heterocycles. The van der Waals surface area contributed by atoms with Gasteiger partial charge in [0.05, 0.1) is 17.7 Å². The Kier molecular flexibility index (Phi) is 11.2. The summed E-state index contributed by atoms with van der Waals surface area (Å²) in [5.41, 5.74) is 4.61. The second kappa shape index (κ2) is 15.1. The fraction of sp³-hybridized carbons (Fsp3) is 0.297. The van der Waals surface area contributed by atoms with E-state index < -0.39 is 28.5 Å². The molecule has 0 aliphatic carbocycles. The van der Waals surface area contributed by atoms with Gasteiger partial charge in [0.25, 0.3) is 10.0 Å².